The van der Waals surface area contributed by atoms with Crippen molar-refractivity contribution in [2.45, 2.75) is 116 Å². The zero-order chi connectivity index (χ0) is 24.1. The minimum absolute atomic E-state index is 0.0169. The van der Waals surface area contributed by atoms with E-state index >= 15 is 0 Å². The van der Waals surface area contributed by atoms with Gasteiger partial charge in [-0.05, 0) is 67.7 Å². The molecular weight excluding hydrogens is 410 g/mol. The van der Waals surface area contributed by atoms with E-state index in [1.54, 1.807) is 12.0 Å². The lowest BCUT2D eigenvalue weighted by Crippen LogP contribution is -2.49. The van der Waals surface area contributed by atoms with Gasteiger partial charge in [0.1, 0.15) is 11.2 Å². The Balaban J connectivity index is 1.98. The maximum absolute atomic E-state index is 12.8. The number of nitrogens with zero attached hydrogens (tertiary/aromatic N) is 2. The molecule has 8 heteroatoms. The molecule has 2 fully saturated rings. The van der Waals surface area contributed by atoms with Crippen LogP contribution in [0.2, 0.25) is 0 Å². The Kier molecular flexibility index (Phi) is 9.23. The number of hydrogen-bond donors (Lipinski definition) is 1. The monoisotopic (exact) mass is 455 g/mol. The van der Waals surface area contributed by atoms with Gasteiger partial charge in [-0.15, -0.1) is 0 Å². The van der Waals surface area contributed by atoms with Crippen molar-refractivity contribution < 1.29 is 23.8 Å². The van der Waals surface area contributed by atoms with Gasteiger partial charge in [-0.1, -0.05) is 12.8 Å². The van der Waals surface area contributed by atoms with Gasteiger partial charge in [0.25, 0.3) is 0 Å². The van der Waals surface area contributed by atoms with Crippen LogP contribution >= 0.6 is 0 Å². The van der Waals surface area contributed by atoms with Crippen LogP contribution in [0.1, 0.15) is 80.6 Å². The minimum atomic E-state index is -0.525. The number of carbonyl (C=O) groups is 2. The average molecular weight is 456 g/mol. The molecule has 186 valence electrons. The highest BCUT2D eigenvalue weighted by Gasteiger charge is 2.38. The summed E-state index contributed by atoms with van der Waals surface area (Å²) in [5, 5.41) is 3.65. The summed E-state index contributed by atoms with van der Waals surface area (Å²) in [6.07, 6.45) is 4.45. The normalized spacial score (nSPS) is 25.9. The fourth-order valence-corrected chi connectivity index (χ4v) is 4.47. The molecule has 2 amide bonds. The van der Waals surface area contributed by atoms with E-state index in [0.717, 1.165) is 38.6 Å². The summed E-state index contributed by atoms with van der Waals surface area (Å²) < 4.78 is 16.9. The van der Waals surface area contributed by atoms with E-state index in [0.29, 0.717) is 13.1 Å². The molecule has 2 rings (SSSR count). The van der Waals surface area contributed by atoms with Crippen molar-refractivity contribution >= 4 is 12.2 Å². The number of methoxy groups -OCH3 is 1. The first kappa shape index (κ1) is 26.7. The Morgan fingerprint density at radius 3 is 2.19 bits per heavy atom. The average Bonchev–Trinajstić information content (AvgIpc) is 2.89. The standard InChI is InChI=1S/C24H45N3O5/c1-17(14-18-12-10-9-11-13-27(18)22(29)32-24(5,6)7)25-19-15-26(16-20(19)30-8)21(28)31-23(2,3)4/h17-20,25H,9-16H2,1-8H3/t17?,18?,19?,20-/m0/s1. The fourth-order valence-electron chi connectivity index (χ4n) is 4.47. The second-order valence-electron chi connectivity index (χ2n) is 11.2. The van der Waals surface area contributed by atoms with Crippen LogP contribution in [0.3, 0.4) is 0 Å². The van der Waals surface area contributed by atoms with Crippen LogP contribution in [0.5, 0.6) is 0 Å². The summed E-state index contributed by atoms with van der Waals surface area (Å²) in [6, 6.07) is 0.312. The smallest absolute Gasteiger partial charge is 0.410 e. The fraction of sp³-hybridized carbons (Fsp3) is 0.917. The summed E-state index contributed by atoms with van der Waals surface area (Å²) in [5.41, 5.74) is -1.03. The van der Waals surface area contributed by atoms with Crippen LogP contribution < -0.4 is 5.32 Å². The lowest BCUT2D eigenvalue weighted by Gasteiger charge is -2.34. The van der Waals surface area contributed by atoms with Crippen molar-refractivity contribution in [3.8, 4) is 0 Å². The van der Waals surface area contributed by atoms with Gasteiger partial charge in [0.15, 0.2) is 0 Å². The summed E-state index contributed by atoms with van der Waals surface area (Å²) in [4.78, 5) is 29.0. The zero-order valence-corrected chi connectivity index (χ0v) is 21.4. The van der Waals surface area contributed by atoms with Crippen LogP contribution in [-0.4, -0.2) is 84.2 Å². The molecule has 2 heterocycles. The van der Waals surface area contributed by atoms with Gasteiger partial charge < -0.3 is 29.3 Å². The SMILES string of the molecule is CO[C@H]1CN(C(=O)OC(C)(C)C)CC1NC(C)CC1CCCCCN1C(=O)OC(C)(C)C. The third kappa shape index (κ3) is 8.43. The van der Waals surface area contributed by atoms with Crippen molar-refractivity contribution in [2.75, 3.05) is 26.7 Å². The number of hydrogen-bond acceptors (Lipinski definition) is 6. The van der Waals surface area contributed by atoms with Crippen molar-refractivity contribution in [1.82, 2.24) is 15.1 Å². The van der Waals surface area contributed by atoms with Crippen molar-refractivity contribution in [3.63, 3.8) is 0 Å². The van der Waals surface area contributed by atoms with Crippen molar-refractivity contribution in [3.05, 3.63) is 0 Å². The highest BCUT2D eigenvalue weighted by atomic mass is 16.6. The quantitative estimate of drug-likeness (QED) is 0.670. The van der Waals surface area contributed by atoms with E-state index in [1.807, 2.05) is 46.4 Å². The molecule has 8 nitrogen and oxygen atoms in total. The van der Waals surface area contributed by atoms with Crippen LogP contribution in [0.4, 0.5) is 9.59 Å². The Labute approximate surface area is 194 Å². The first-order chi connectivity index (χ1) is 14.8. The number of rotatable bonds is 5. The Morgan fingerprint density at radius 1 is 0.969 bits per heavy atom. The van der Waals surface area contributed by atoms with Crippen LogP contribution in [0, 0.1) is 0 Å². The Morgan fingerprint density at radius 2 is 1.59 bits per heavy atom. The first-order valence-electron chi connectivity index (χ1n) is 12.1. The first-order valence-corrected chi connectivity index (χ1v) is 12.1. The molecule has 0 bridgehead atoms. The number of amides is 2. The largest absolute Gasteiger partial charge is 0.444 e. The third-order valence-corrected chi connectivity index (χ3v) is 5.85. The van der Waals surface area contributed by atoms with Crippen LogP contribution in [-0.2, 0) is 14.2 Å². The summed E-state index contributed by atoms with van der Waals surface area (Å²) >= 11 is 0. The lowest BCUT2D eigenvalue weighted by atomic mass is 10.0. The van der Waals surface area contributed by atoms with Crippen molar-refractivity contribution in [2.24, 2.45) is 0 Å². The molecule has 4 atom stereocenters. The molecule has 2 aliphatic rings. The molecule has 0 spiro atoms. The van der Waals surface area contributed by atoms with Gasteiger partial charge in [-0.3, -0.25) is 0 Å². The Hall–Kier alpha value is -1.54. The molecule has 0 aromatic rings. The molecule has 0 aliphatic carbocycles. The zero-order valence-electron chi connectivity index (χ0n) is 21.4. The van der Waals surface area contributed by atoms with E-state index in [1.165, 1.54) is 0 Å². The molecule has 0 saturated carbocycles. The Bertz CT molecular complexity index is 628. The predicted molar refractivity (Wildman–Crippen MR) is 125 cm³/mol. The lowest BCUT2D eigenvalue weighted by molar-refractivity contribution is 0.0145. The van der Waals surface area contributed by atoms with Gasteiger partial charge in [-0.2, -0.15) is 0 Å². The molecule has 3 unspecified atom stereocenters. The van der Waals surface area contributed by atoms with Gasteiger partial charge >= 0.3 is 12.2 Å². The molecule has 0 aromatic carbocycles. The van der Waals surface area contributed by atoms with E-state index in [4.69, 9.17) is 14.2 Å². The van der Waals surface area contributed by atoms with E-state index in [2.05, 4.69) is 12.2 Å². The molecule has 2 saturated heterocycles. The highest BCUT2D eigenvalue weighted by Crippen LogP contribution is 2.24. The van der Waals surface area contributed by atoms with Gasteiger partial charge in [0, 0.05) is 32.3 Å². The third-order valence-electron chi connectivity index (χ3n) is 5.85. The van der Waals surface area contributed by atoms with Gasteiger partial charge in [-0.25, -0.2) is 9.59 Å². The van der Waals surface area contributed by atoms with Crippen molar-refractivity contribution in [1.29, 1.82) is 0 Å². The van der Waals surface area contributed by atoms with E-state index in [-0.39, 0.29) is 36.4 Å². The highest BCUT2D eigenvalue weighted by molar-refractivity contribution is 5.69. The van der Waals surface area contributed by atoms with Gasteiger partial charge in [0.2, 0.25) is 0 Å². The summed E-state index contributed by atoms with van der Waals surface area (Å²) in [7, 11) is 1.68. The summed E-state index contributed by atoms with van der Waals surface area (Å²) in [5.74, 6) is 0. The summed E-state index contributed by atoms with van der Waals surface area (Å²) in [6.45, 7) is 15.3. The second kappa shape index (κ2) is 11.1. The molecular formula is C24H45N3O5. The maximum Gasteiger partial charge on any atom is 0.410 e. The number of nitrogens with one attached hydrogen (secondary N) is 1. The topological polar surface area (TPSA) is 80.3 Å². The van der Waals surface area contributed by atoms with Crippen LogP contribution in [0.25, 0.3) is 0 Å². The second-order valence-corrected chi connectivity index (χ2v) is 11.2. The number of likely N-dealkylation sites (tertiary alicyclic amines) is 2. The van der Waals surface area contributed by atoms with E-state index in [9.17, 15) is 9.59 Å². The molecule has 1 N–H and O–H groups in total. The molecule has 0 aromatic heterocycles. The van der Waals surface area contributed by atoms with Gasteiger partial charge in [0.05, 0.1) is 18.7 Å². The maximum atomic E-state index is 12.8. The molecule has 0 radical (unpaired) electrons. The molecule has 32 heavy (non-hydrogen) atoms. The number of carbonyl (C=O) groups excluding carboxylic acids is 2. The minimum Gasteiger partial charge on any atom is -0.444 e. The molecule has 2 aliphatic heterocycles. The predicted octanol–water partition coefficient (Wildman–Crippen LogP) is 4.17. The van der Waals surface area contributed by atoms with Crippen LogP contribution in [0.15, 0.2) is 0 Å². The number of ether oxygens (including phenoxy) is 3. The van der Waals surface area contributed by atoms with E-state index < -0.39 is 11.2 Å².